The van der Waals surface area contributed by atoms with Crippen LogP contribution in [0.4, 0.5) is 4.39 Å². The second-order valence-corrected chi connectivity index (χ2v) is 5.24. The molecule has 2 rings (SSSR count). The molecule has 0 bridgehead atoms. The highest BCUT2D eigenvalue weighted by atomic mass is 19.1. The van der Waals surface area contributed by atoms with Crippen molar-refractivity contribution < 1.29 is 18.7 Å². The van der Waals surface area contributed by atoms with E-state index in [1.165, 1.54) is 31.2 Å². The Morgan fingerprint density at radius 3 is 2.38 bits per heavy atom. The Labute approximate surface area is 139 Å². The van der Waals surface area contributed by atoms with E-state index < -0.39 is 12.0 Å². The van der Waals surface area contributed by atoms with Crippen LogP contribution >= 0.6 is 0 Å². The summed E-state index contributed by atoms with van der Waals surface area (Å²) < 4.78 is 18.2. The van der Waals surface area contributed by atoms with E-state index in [-0.39, 0.29) is 18.1 Å². The zero-order valence-electron chi connectivity index (χ0n) is 13.3. The lowest BCUT2D eigenvalue weighted by atomic mass is 10.1. The summed E-state index contributed by atoms with van der Waals surface area (Å²) in [6.07, 6.45) is 0.0201. The molecule has 2 aromatic rings. The molecule has 0 aromatic heterocycles. The highest BCUT2D eigenvalue weighted by Gasteiger charge is 2.15. The molecule has 0 heterocycles. The fraction of sp³-hybridized carbons (Fsp3) is 0.222. The molecule has 6 heteroatoms. The van der Waals surface area contributed by atoms with Gasteiger partial charge in [0.15, 0.2) is 6.10 Å². The third-order valence-corrected chi connectivity index (χ3v) is 3.30. The molecule has 0 aliphatic carbocycles. The Bertz CT molecular complexity index is 674. The number of hydrogen-bond acceptors (Lipinski definition) is 3. The predicted molar refractivity (Wildman–Crippen MR) is 87.5 cm³/mol. The summed E-state index contributed by atoms with van der Waals surface area (Å²) in [7, 11) is 0. The zero-order chi connectivity index (χ0) is 17.4. The number of aryl methyl sites for hydroxylation is 1. The minimum atomic E-state index is -0.829. The van der Waals surface area contributed by atoms with Crippen molar-refractivity contribution in [2.24, 2.45) is 0 Å². The third-order valence-electron chi connectivity index (χ3n) is 3.30. The molecule has 0 unspecified atom stereocenters. The fourth-order valence-electron chi connectivity index (χ4n) is 1.97. The van der Waals surface area contributed by atoms with Crippen LogP contribution in [0.5, 0.6) is 5.75 Å². The van der Waals surface area contributed by atoms with Gasteiger partial charge in [-0.1, -0.05) is 30.3 Å². The Morgan fingerprint density at radius 2 is 1.71 bits per heavy atom. The van der Waals surface area contributed by atoms with Crippen molar-refractivity contribution in [1.29, 1.82) is 0 Å². The predicted octanol–water partition coefficient (Wildman–Crippen LogP) is 2.37. The minimum Gasteiger partial charge on any atom is -0.481 e. The monoisotopic (exact) mass is 330 g/mol. The summed E-state index contributed by atoms with van der Waals surface area (Å²) in [6.45, 7) is 1.54. The van der Waals surface area contributed by atoms with Gasteiger partial charge in [0.1, 0.15) is 11.6 Å². The number of hydrogen-bond donors (Lipinski definition) is 2. The smallest absolute Gasteiger partial charge is 0.279 e. The number of rotatable bonds is 6. The van der Waals surface area contributed by atoms with E-state index in [4.69, 9.17) is 4.74 Å². The van der Waals surface area contributed by atoms with Gasteiger partial charge in [-0.05, 0) is 43.2 Å². The lowest BCUT2D eigenvalue weighted by molar-refractivity contribution is -0.132. The summed E-state index contributed by atoms with van der Waals surface area (Å²) in [6, 6.07) is 14.9. The third kappa shape index (κ3) is 5.72. The zero-order valence-corrected chi connectivity index (χ0v) is 13.3. The van der Waals surface area contributed by atoms with Crippen LogP contribution in [0.3, 0.4) is 0 Å². The van der Waals surface area contributed by atoms with Gasteiger partial charge in [-0.25, -0.2) is 4.39 Å². The molecule has 0 radical (unpaired) electrons. The van der Waals surface area contributed by atoms with Crippen molar-refractivity contribution in [2.45, 2.75) is 25.9 Å². The van der Waals surface area contributed by atoms with E-state index in [1.54, 1.807) is 0 Å². The molecule has 2 amide bonds. The number of ether oxygens (including phenoxy) is 1. The molecule has 2 N–H and O–H groups in total. The molecule has 24 heavy (non-hydrogen) atoms. The molecular formula is C18H19FN2O3. The van der Waals surface area contributed by atoms with Gasteiger partial charge in [-0.2, -0.15) is 0 Å². The van der Waals surface area contributed by atoms with Crippen LogP contribution in [0.1, 0.15) is 18.9 Å². The fourth-order valence-corrected chi connectivity index (χ4v) is 1.97. The summed E-state index contributed by atoms with van der Waals surface area (Å²) >= 11 is 0. The number of nitrogens with one attached hydrogen (secondary N) is 2. The van der Waals surface area contributed by atoms with Gasteiger partial charge >= 0.3 is 0 Å². The molecule has 126 valence electrons. The molecule has 0 spiro atoms. The van der Waals surface area contributed by atoms with Crippen LogP contribution < -0.4 is 15.6 Å². The van der Waals surface area contributed by atoms with Gasteiger partial charge in [0.05, 0.1) is 0 Å². The summed E-state index contributed by atoms with van der Waals surface area (Å²) in [4.78, 5) is 23.6. The Balaban J connectivity index is 1.71. The lowest BCUT2D eigenvalue weighted by Crippen LogP contribution is -2.47. The molecule has 2 aromatic carbocycles. The van der Waals surface area contributed by atoms with Crippen LogP contribution in [-0.2, 0) is 16.0 Å². The lowest BCUT2D eigenvalue weighted by Gasteiger charge is -2.15. The number of hydrazine groups is 1. The second kappa shape index (κ2) is 8.67. The maximum Gasteiger partial charge on any atom is 0.279 e. The highest BCUT2D eigenvalue weighted by Crippen LogP contribution is 2.12. The van der Waals surface area contributed by atoms with Crippen molar-refractivity contribution in [1.82, 2.24) is 10.9 Å². The van der Waals surface area contributed by atoms with E-state index in [9.17, 15) is 14.0 Å². The van der Waals surface area contributed by atoms with Crippen LogP contribution in [0.25, 0.3) is 0 Å². The van der Waals surface area contributed by atoms with Gasteiger partial charge < -0.3 is 4.74 Å². The highest BCUT2D eigenvalue weighted by molar-refractivity contribution is 5.84. The molecule has 5 nitrogen and oxygen atoms in total. The first kappa shape index (κ1) is 17.5. The number of halogens is 1. The maximum absolute atomic E-state index is 12.8. The maximum atomic E-state index is 12.8. The van der Waals surface area contributed by atoms with Crippen LogP contribution in [0.2, 0.25) is 0 Å². The van der Waals surface area contributed by atoms with Crippen molar-refractivity contribution >= 4 is 11.8 Å². The van der Waals surface area contributed by atoms with Gasteiger partial charge in [0.25, 0.3) is 5.91 Å². The first-order chi connectivity index (χ1) is 11.5. The first-order valence-corrected chi connectivity index (χ1v) is 7.59. The topological polar surface area (TPSA) is 67.4 Å². The second-order valence-electron chi connectivity index (χ2n) is 5.24. The molecule has 0 fully saturated rings. The number of amides is 2. The average Bonchev–Trinajstić information content (AvgIpc) is 2.60. The summed E-state index contributed by atoms with van der Waals surface area (Å²) in [5.74, 6) is -0.798. The minimum absolute atomic E-state index is 0.261. The summed E-state index contributed by atoms with van der Waals surface area (Å²) in [5.41, 5.74) is 5.71. The van der Waals surface area contributed by atoms with Crippen molar-refractivity contribution in [2.75, 3.05) is 0 Å². The quantitative estimate of drug-likeness (QED) is 0.799. The molecule has 0 aliphatic rings. The standard InChI is InChI=1S/C18H19FN2O3/c1-13(24-16-10-8-15(19)9-11-16)18(23)21-20-17(22)12-7-14-5-3-2-4-6-14/h2-6,8-11,13H,7,12H2,1H3,(H,20,22)(H,21,23)/t13-/m0/s1. The van der Waals surface area contributed by atoms with Gasteiger partial charge in [-0.3, -0.25) is 20.4 Å². The summed E-state index contributed by atoms with van der Waals surface area (Å²) in [5, 5.41) is 0. The van der Waals surface area contributed by atoms with Gasteiger partial charge in [-0.15, -0.1) is 0 Å². The first-order valence-electron chi connectivity index (χ1n) is 7.59. The SMILES string of the molecule is C[C@H](Oc1ccc(F)cc1)C(=O)NNC(=O)CCc1ccccc1. The molecule has 0 saturated heterocycles. The number of benzene rings is 2. The van der Waals surface area contributed by atoms with E-state index >= 15 is 0 Å². The Morgan fingerprint density at radius 1 is 1.04 bits per heavy atom. The Kier molecular flexibility index (Phi) is 6.31. The average molecular weight is 330 g/mol. The van der Waals surface area contributed by atoms with Crippen molar-refractivity contribution in [3.63, 3.8) is 0 Å². The Hall–Kier alpha value is -2.89. The number of carbonyl (C=O) groups excluding carboxylic acids is 2. The van der Waals surface area contributed by atoms with Crippen LogP contribution in [0, 0.1) is 5.82 Å². The largest absolute Gasteiger partial charge is 0.481 e. The van der Waals surface area contributed by atoms with Crippen LogP contribution in [0.15, 0.2) is 54.6 Å². The number of carbonyl (C=O) groups is 2. The normalized spacial score (nSPS) is 11.4. The molecular weight excluding hydrogens is 311 g/mol. The van der Waals surface area contributed by atoms with Gasteiger partial charge in [0, 0.05) is 6.42 Å². The van der Waals surface area contributed by atoms with Crippen LogP contribution in [-0.4, -0.2) is 17.9 Å². The molecule has 0 aliphatic heterocycles. The van der Waals surface area contributed by atoms with E-state index in [0.717, 1.165) is 5.56 Å². The van der Waals surface area contributed by atoms with Crippen molar-refractivity contribution in [3.8, 4) is 5.75 Å². The van der Waals surface area contributed by atoms with Crippen molar-refractivity contribution in [3.05, 3.63) is 66.0 Å². The molecule has 1 atom stereocenters. The van der Waals surface area contributed by atoms with E-state index in [2.05, 4.69) is 10.9 Å². The van der Waals surface area contributed by atoms with E-state index in [0.29, 0.717) is 12.2 Å². The van der Waals surface area contributed by atoms with E-state index in [1.807, 2.05) is 30.3 Å². The molecule has 0 saturated carbocycles. The van der Waals surface area contributed by atoms with Gasteiger partial charge in [0.2, 0.25) is 5.91 Å².